The maximum atomic E-state index is 14.6. The fourth-order valence-corrected chi connectivity index (χ4v) is 4.85. The Morgan fingerprint density at radius 3 is 2.45 bits per heavy atom. The Morgan fingerprint density at radius 2 is 1.90 bits per heavy atom. The quantitative estimate of drug-likeness (QED) is 0.683. The number of halogens is 4. The van der Waals surface area contributed by atoms with Crippen LogP contribution in [0.15, 0.2) is 9.59 Å². The lowest BCUT2D eigenvalue weighted by molar-refractivity contribution is -0.136. The molecule has 3 rings (SSSR count). The van der Waals surface area contributed by atoms with Gasteiger partial charge in [-0.2, -0.15) is 13.2 Å². The van der Waals surface area contributed by atoms with Crippen molar-refractivity contribution in [3.8, 4) is 0 Å². The molecule has 0 aromatic carbocycles. The summed E-state index contributed by atoms with van der Waals surface area (Å²) in [6.45, 7) is 1.72. The van der Waals surface area contributed by atoms with E-state index in [9.17, 15) is 36.7 Å². The second kappa shape index (κ2) is 8.44. The molecule has 0 radical (unpaired) electrons. The molecule has 31 heavy (non-hydrogen) atoms. The van der Waals surface area contributed by atoms with Crippen LogP contribution in [0.5, 0.6) is 0 Å². The lowest BCUT2D eigenvalue weighted by atomic mass is 10.1. The summed E-state index contributed by atoms with van der Waals surface area (Å²) >= 11 is 0.599. The molecule has 1 unspecified atom stereocenters. The normalized spacial score (nSPS) is 15.9. The van der Waals surface area contributed by atoms with Gasteiger partial charge < -0.3 is 10.2 Å². The van der Waals surface area contributed by atoms with Crippen molar-refractivity contribution in [3.63, 3.8) is 0 Å². The monoisotopic (exact) mass is 464 g/mol. The summed E-state index contributed by atoms with van der Waals surface area (Å²) in [7, 11) is 0. The maximum Gasteiger partial charge on any atom is 0.390 e. The van der Waals surface area contributed by atoms with Crippen molar-refractivity contribution in [1.82, 2.24) is 19.4 Å². The van der Waals surface area contributed by atoms with E-state index >= 15 is 0 Å². The first-order chi connectivity index (χ1) is 14.5. The van der Waals surface area contributed by atoms with Crippen LogP contribution < -0.4 is 16.6 Å². The molecule has 170 valence electrons. The first-order valence-electron chi connectivity index (χ1n) is 9.53. The third kappa shape index (κ3) is 4.36. The molecule has 2 aromatic heterocycles. The molecule has 2 amide bonds. The fraction of sp³-hybridized carbons (Fsp3) is 0.556. The van der Waals surface area contributed by atoms with Crippen LogP contribution in [0.2, 0.25) is 0 Å². The number of amides is 2. The molecule has 3 heterocycles. The van der Waals surface area contributed by atoms with E-state index in [1.165, 1.54) is 11.8 Å². The predicted molar refractivity (Wildman–Crippen MR) is 105 cm³/mol. The van der Waals surface area contributed by atoms with Crippen LogP contribution in [0.4, 0.5) is 17.6 Å². The van der Waals surface area contributed by atoms with Gasteiger partial charge in [-0.3, -0.25) is 23.5 Å². The summed E-state index contributed by atoms with van der Waals surface area (Å²) in [4.78, 5) is 51.0. The molecule has 0 aliphatic carbocycles. The lowest BCUT2D eigenvalue weighted by Gasteiger charge is -2.26. The highest BCUT2D eigenvalue weighted by Gasteiger charge is 2.33. The third-order valence-electron chi connectivity index (χ3n) is 4.95. The molecule has 1 fully saturated rings. The van der Waals surface area contributed by atoms with Crippen molar-refractivity contribution < 1.29 is 27.2 Å². The number of thiophene rings is 1. The van der Waals surface area contributed by atoms with Crippen LogP contribution >= 0.6 is 11.3 Å². The highest BCUT2D eigenvalue weighted by Crippen LogP contribution is 2.36. The summed E-state index contributed by atoms with van der Waals surface area (Å²) in [6.07, 6.45) is -7.71. The Morgan fingerprint density at radius 1 is 1.23 bits per heavy atom. The standard InChI is InChI=1S/C18H20F4N4O4S/c1-3-25-14(28)12-11(9(2)19)13(15(29)24-7-5-23-10(27)8-24)31-16(12)26(17(25)30)6-4-18(20,21)22/h9H,3-8H2,1-2H3,(H,23,27). The van der Waals surface area contributed by atoms with Crippen LogP contribution in [-0.2, 0) is 17.9 Å². The van der Waals surface area contributed by atoms with Gasteiger partial charge in [0.25, 0.3) is 11.5 Å². The number of nitrogens with one attached hydrogen (secondary N) is 1. The van der Waals surface area contributed by atoms with Gasteiger partial charge in [-0.25, -0.2) is 9.18 Å². The molecule has 1 saturated heterocycles. The van der Waals surface area contributed by atoms with Crippen molar-refractivity contribution in [2.75, 3.05) is 19.6 Å². The van der Waals surface area contributed by atoms with Crippen LogP contribution in [0, 0.1) is 0 Å². The molecule has 1 aliphatic heterocycles. The number of fused-ring (bicyclic) bond motifs is 1. The third-order valence-corrected chi connectivity index (χ3v) is 6.16. The smallest absolute Gasteiger partial charge is 0.353 e. The fourth-order valence-electron chi connectivity index (χ4n) is 3.49. The number of rotatable bonds is 5. The van der Waals surface area contributed by atoms with Crippen molar-refractivity contribution in [3.05, 3.63) is 31.3 Å². The first kappa shape index (κ1) is 23.0. The number of aromatic nitrogens is 2. The van der Waals surface area contributed by atoms with Crippen molar-refractivity contribution >= 4 is 33.4 Å². The molecular weight excluding hydrogens is 444 g/mol. The molecule has 8 nitrogen and oxygen atoms in total. The largest absolute Gasteiger partial charge is 0.390 e. The van der Waals surface area contributed by atoms with Gasteiger partial charge in [0.05, 0.1) is 18.4 Å². The van der Waals surface area contributed by atoms with E-state index in [4.69, 9.17) is 0 Å². The van der Waals surface area contributed by atoms with Gasteiger partial charge in [0.2, 0.25) is 5.91 Å². The second-order valence-electron chi connectivity index (χ2n) is 7.07. The number of piperazine rings is 1. The van der Waals surface area contributed by atoms with E-state index in [1.807, 2.05) is 0 Å². The number of carbonyl (C=O) groups is 2. The molecule has 0 bridgehead atoms. The molecule has 13 heteroatoms. The molecule has 1 atom stereocenters. The molecule has 2 aromatic rings. The van der Waals surface area contributed by atoms with Gasteiger partial charge in [-0.15, -0.1) is 11.3 Å². The highest BCUT2D eigenvalue weighted by molar-refractivity contribution is 7.20. The van der Waals surface area contributed by atoms with E-state index < -0.39 is 48.4 Å². The summed E-state index contributed by atoms with van der Waals surface area (Å²) in [5.41, 5.74) is -2.10. The van der Waals surface area contributed by atoms with E-state index in [1.54, 1.807) is 0 Å². The molecular formula is C18H20F4N4O4S. The summed E-state index contributed by atoms with van der Waals surface area (Å²) in [5, 5.41) is 2.26. The minimum Gasteiger partial charge on any atom is -0.353 e. The Balaban J connectivity index is 2.27. The van der Waals surface area contributed by atoms with Crippen LogP contribution in [0.25, 0.3) is 10.2 Å². The van der Waals surface area contributed by atoms with Crippen molar-refractivity contribution in [2.45, 2.75) is 45.7 Å². The van der Waals surface area contributed by atoms with E-state index in [-0.39, 0.29) is 46.8 Å². The van der Waals surface area contributed by atoms with Crippen LogP contribution in [0.3, 0.4) is 0 Å². The minimum absolute atomic E-state index is 0.134. The van der Waals surface area contributed by atoms with Crippen LogP contribution in [-0.4, -0.2) is 51.7 Å². The Kier molecular flexibility index (Phi) is 6.25. The van der Waals surface area contributed by atoms with Crippen LogP contribution in [0.1, 0.15) is 41.7 Å². The Hall–Kier alpha value is -2.70. The number of aryl methyl sites for hydroxylation is 1. The predicted octanol–water partition coefficient (Wildman–Crippen LogP) is 1.80. The Bertz CT molecular complexity index is 1150. The van der Waals surface area contributed by atoms with E-state index in [2.05, 4.69) is 5.32 Å². The zero-order valence-corrected chi connectivity index (χ0v) is 17.5. The maximum absolute atomic E-state index is 14.6. The first-order valence-corrected chi connectivity index (χ1v) is 10.3. The average molecular weight is 464 g/mol. The van der Waals surface area contributed by atoms with Gasteiger partial charge in [-0.1, -0.05) is 0 Å². The SMILES string of the molecule is CCn1c(=O)c2c(C(C)F)c(C(=O)N3CCNC(=O)C3)sc2n(CCC(F)(F)F)c1=O. The van der Waals surface area contributed by atoms with Crippen molar-refractivity contribution in [2.24, 2.45) is 0 Å². The minimum atomic E-state index is -4.56. The lowest BCUT2D eigenvalue weighted by Crippen LogP contribution is -2.50. The van der Waals surface area contributed by atoms with Gasteiger partial charge in [0.1, 0.15) is 15.9 Å². The molecule has 1 aliphatic rings. The van der Waals surface area contributed by atoms with Gasteiger partial charge >= 0.3 is 11.9 Å². The molecule has 0 saturated carbocycles. The second-order valence-corrected chi connectivity index (χ2v) is 8.07. The number of hydrogen-bond acceptors (Lipinski definition) is 5. The van der Waals surface area contributed by atoms with Crippen molar-refractivity contribution in [1.29, 1.82) is 0 Å². The number of hydrogen-bond donors (Lipinski definition) is 1. The molecule has 0 spiro atoms. The highest BCUT2D eigenvalue weighted by atomic mass is 32.1. The summed E-state index contributed by atoms with van der Waals surface area (Å²) < 4.78 is 54.6. The number of nitrogens with zero attached hydrogens (tertiary/aromatic N) is 3. The number of carbonyl (C=O) groups excluding carboxylic acids is 2. The number of alkyl halides is 4. The van der Waals surface area contributed by atoms with Gasteiger partial charge in [0.15, 0.2) is 0 Å². The van der Waals surface area contributed by atoms with Gasteiger partial charge in [-0.05, 0) is 13.8 Å². The summed E-state index contributed by atoms with van der Waals surface area (Å²) in [6, 6.07) is 0. The van der Waals surface area contributed by atoms with E-state index in [0.29, 0.717) is 11.3 Å². The zero-order chi connectivity index (χ0) is 23.1. The average Bonchev–Trinajstić information content (AvgIpc) is 3.07. The van der Waals surface area contributed by atoms with Gasteiger partial charge in [0, 0.05) is 31.7 Å². The molecule has 1 N–H and O–H groups in total. The zero-order valence-electron chi connectivity index (χ0n) is 16.7. The summed E-state index contributed by atoms with van der Waals surface area (Å²) in [5.74, 6) is -1.13. The topological polar surface area (TPSA) is 93.4 Å². The van der Waals surface area contributed by atoms with E-state index in [0.717, 1.165) is 16.1 Å². The Labute approximate surface area is 177 Å².